The van der Waals surface area contributed by atoms with Crippen molar-refractivity contribution in [1.29, 1.82) is 0 Å². The normalized spacial score (nSPS) is 19.1. The van der Waals surface area contributed by atoms with E-state index in [4.69, 9.17) is 0 Å². The SMILES string of the molecule is CCCCCCNC(=O)CN1C(=O)NC(C)(c2ccc3ccccc3c2)C1=O. The molecule has 1 aliphatic rings. The van der Waals surface area contributed by atoms with Crippen LogP contribution in [0.1, 0.15) is 45.1 Å². The largest absolute Gasteiger partial charge is 0.355 e. The van der Waals surface area contributed by atoms with Crippen LogP contribution in [0.2, 0.25) is 0 Å². The number of fused-ring (bicyclic) bond motifs is 1. The zero-order valence-electron chi connectivity index (χ0n) is 16.5. The summed E-state index contributed by atoms with van der Waals surface area (Å²) in [4.78, 5) is 38.5. The molecule has 2 N–H and O–H groups in total. The van der Waals surface area contributed by atoms with Gasteiger partial charge in [-0.15, -0.1) is 0 Å². The number of unbranched alkanes of at least 4 members (excludes halogenated alkanes) is 3. The Morgan fingerprint density at radius 2 is 1.82 bits per heavy atom. The second kappa shape index (κ2) is 8.42. The number of benzene rings is 2. The fourth-order valence-electron chi connectivity index (χ4n) is 3.52. The number of nitrogens with one attached hydrogen (secondary N) is 2. The molecule has 6 nitrogen and oxygen atoms in total. The monoisotopic (exact) mass is 381 g/mol. The van der Waals surface area contributed by atoms with E-state index in [1.807, 2.05) is 42.5 Å². The van der Waals surface area contributed by atoms with E-state index in [1.54, 1.807) is 6.92 Å². The van der Waals surface area contributed by atoms with Crippen molar-refractivity contribution in [3.05, 3.63) is 48.0 Å². The number of carbonyl (C=O) groups is 3. The van der Waals surface area contributed by atoms with Gasteiger partial charge in [0.1, 0.15) is 12.1 Å². The summed E-state index contributed by atoms with van der Waals surface area (Å²) in [7, 11) is 0. The molecule has 0 saturated carbocycles. The average molecular weight is 381 g/mol. The number of nitrogens with zero attached hydrogens (tertiary/aromatic N) is 1. The lowest BCUT2D eigenvalue weighted by Gasteiger charge is -2.22. The third-order valence-corrected chi connectivity index (χ3v) is 5.26. The van der Waals surface area contributed by atoms with E-state index in [0.29, 0.717) is 12.1 Å². The number of rotatable bonds is 8. The van der Waals surface area contributed by atoms with E-state index >= 15 is 0 Å². The first kappa shape index (κ1) is 19.9. The quantitative estimate of drug-likeness (QED) is 0.544. The van der Waals surface area contributed by atoms with Gasteiger partial charge in [-0.05, 0) is 35.7 Å². The molecule has 4 amide bonds. The van der Waals surface area contributed by atoms with Gasteiger partial charge in [0.15, 0.2) is 0 Å². The van der Waals surface area contributed by atoms with Gasteiger partial charge < -0.3 is 10.6 Å². The van der Waals surface area contributed by atoms with Gasteiger partial charge in [-0.1, -0.05) is 62.6 Å². The molecule has 0 radical (unpaired) electrons. The second-order valence-electron chi connectivity index (χ2n) is 7.42. The molecule has 2 aromatic carbocycles. The number of imide groups is 1. The number of hydrogen-bond acceptors (Lipinski definition) is 3. The van der Waals surface area contributed by atoms with Gasteiger partial charge >= 0.3 is 6.03 Å². The molecule has 1 unspecified atom stereocenters. The number of amides is 4. The van der Waals surface area contributed by atoms with Crippen molar-refractivity contribution in [3.63, 3.8) is 0 Å². The van der Waals surface area contributed by atoms with Crippen molar-refractivity contribution in [2.75, 3.05) is 13.1 Å². The highest BCUT2D eigenvalue weighted by Gasteiger charge is 2.49. The lowest BCUT2D eigenvalue weighted by Crippen LogP contribution is -2.43. The van der Waals surface area contributed by atoms with Crippen LogP contribution in [-0.2, 0) is 15.1 Å². The minimum atomic E-state index is -1.18. The summed E-state index contributed by atoms with van der Waals surface area (Å²) in [6.07, 6.45) is 4.21. The minimum absolute atomic E-state index is 0.262. The highest BCUT2D eigenvalue weighted by molar-refractivity contribution is 6.09. The van der Waals surface area contributed by atoms with Crippen molar-refractivity contribution in [2.45, 2.75) is 45.1 Å². The molecule has 2 aromatic rings. The number of urea groups is 1. The number of carbonyl (C=O) groups excluding carboxylic acids is 3. The summed E-state index contributed by atoms with van der Waals surface area (Å²) in [5.74, 6) is -0.725. The van der Waals surface area contributed by atoms with Crippen LogP contribution in [-0.4, -0.2) is 35.8 Å². The Balaban J connectivity index is 1.68. The first-order valence-electron chi connectivity index (χ1n) is 9.86. The van der Waals surface area contributed by atoms with Crippen LogP contribution < -0.4 is 10.6 Å². The molecule has 1 heterocycles. The highest BCUT2D eigenvalue weighted by atomic mass is 16.2. The lowest BCUT2D eigenvalue weighted by atomic mass is 9.90. The third kappa shape index (κ3) is 4.01. The van der Waals surface area contributed by atoms with Crippen LogP contribution in [0.5, 0.6) is 0 Å². The summed E-state index contributed by atoms with van der Waals surface area (Å²) in [5.41, 5.74) is -0.477. The van der Waals surface area contributed by atoms with Gasteiger partial charge in [-0.2, -0.15) is 0 Å². The zero-order valence-corrected chi connectivity index (χ0v) is 16.5. The summed E-state index contributed by atoms with van der Waals surface area (Å²) < 4.78 is 0. The molecule has 0 spiro atoms. The Morgan fingerprint density at radius 3 is 2.57 bits per heavy atom. The Bertz CT molecular complexity index is 895. The van der Waals surface area contributed by atoms with E-state index in [9.17, 15) is 14.4 Å². The lowest BCUT2D eigenvalue weighted by molar-refractivity contribution is -0.134. The standard InChI is InChI=1S/C22H27N3O3/c1-3-4-5-8-13-23-19(26)15-25-20(27)22(2,24-21(25)28)18-12-11-16-9-6-7-10-17(16)14-18/h6-7,9-12,14H,3-5,8,13,15H2,1-2H3,(H,23,26)(H,24,28). The maximum absolute atomic E-state index is 13.0. The summed E-state index contributed by atoms with van der Waals surface area (Å²) in [6.45, 7) is 4.11. The summed E-state index contributed by atoms with van der Waals surface area (Å²) >= 11 is 0. The minimum Gasteiger partial charge on any atom is -0.355 e. The predicted octanol–water partition coefficient (Wildman–Crippen LogP) is 3.30. The smallest absolute Gasteiger partial charge is 0.325 e. The molecule has 3 rings (SSSR count). The molecular weight excluding hydrogens is 354 g/mol. The van der Waals surface area contributed by atoms with Crippen molar-refractivity contribution >= 4 is 28.6 Å². The maximum Gasteiger partial charge on any atom is 0.325 e. The fourth-order valence-corrected chi connectivity index (χ4v) is 3.52. The van der Waals surface area contributed by atoms with Crippen molar-refractivity contribution < 1.29 is 14.4 Å². The Labute approximate surface area is 165 Å². The van der Waals surface area contributed by atoms with E-state index in [-0.39, 0.29) is 12.5 Å². The molecule has 1 aliphatic heterocycles. The predicted molar refractivity (Wildman–Crippen MR) is 109 cm³/mol. The van der Waals surface area contributed by atoms with Gasteiger partial charge in [-0.25, -0.2) is 4.79 Å². The molecule has 148 valence electrons. The van der Waals surface area contributed by atoms with Gasteiger partial charge in [-0.3, -0.25) is 14.5 Å². The van der Waals surface area contributed by atoms with E-state index < -0.39 is 17.5 Å². The van der Waals surface area contributed by atoms with Gasteiger partial charge in [0.05, 0.1) is 0 Å². The molecule has 1 fully saturated rings. The Hall–Kier alpha value is -2.89. The average Bonchev–Trinajstić information content (AvgIpc) is 2.91. The Kier molecular flexibility index (Phi) is 5.97. The van der Waals surface area contributed by atoms with Crippen LogP contribution >= 0.6 is 0 Å². The molecule has 1 atom stereocenters. The second-order valence-corrected chi connectivity index (χ2v) is 7.42. The van der Waals surface area contributed by atoms with Crippen molar-refractivity contribution in [2.24, 2.45) is 0 Å². The maximum atomic E-state index is 13.0. The van der Waals surface area contributed by atoms with Crippen LogP contribution in [0, 0.1) is 0 Å². The third-order valence-electron chi connectivity index (χ3n) is 5.26. The van der Waals surface area contributed by atoms with E-state index in [1.165, 1.54) is 0 Å². The molecule has 0 aliphatic carbocycles. The summed E-state index contributed by atoms with van der Waals surface area (Å²) in [5, 5.41) is 7.60. The first-order chi connectivity index (χ1) is 13.5. The fraction of sp³-hybridized carbons (Fsp3) is 0.409. The van der Waals surface area contributed by atoms with Crippen molar-refractivity contribution in [1.82, 2.24) is 15.5 Å². The molecule has 28 heavy (non-hydrogen) atoms. The topological polar surface area (TPSA) is 78.5 Å². The summed E-state index contributed by atoms with van der Waals surface area (Å²) in [6, 6.07) is 13.0. The number of hydrogen-bond donors (Lipinski definition) is 2. The van der Waals surface area contributed by atoms with E-state index in [2.05, 4.69) is 17.6 Å². The highest BCUT2D eigenvalue weighted by Crippen LogP contribution is 2.30. The molecular formula is C22H27N3O3. The molecule has 1 saturated heterocycles. The van der Waals surface area contributed by atoms with Gasteiger partial charge in [0, 0.05) is 6.54 Å². The van der Waals surface area contributed by atoms with Gasteiger partial charge in [0.2, 0.25) is 5.91 Å². The van der Waals surface area contributed by atoms with Gasteiger partial charge in [0.25, 0.3) is 5.91 Å². The van der Waals surface area contributed by atoms with Crippen LogP contribution in [0.15, 0.2) is 42.5 Å². The van der Waals surface area contributed by atoms with Crippen LogP contribution in [0.3, 0.4) is 0 Å². The van der Waals surface area contributed by atoms with Crippen molar-refractivity contribution in [3.8, 4) is 0 Å². The zero-order chi connectivity index (χ0) is 20.1. The molecule has 0 bridgehead atoms. The van der Waals surface area contributed by atoms with E-state index in [0.717, 1.165) is 41.4 Å². The van der Waals surface area contributed by atoms with Crippen LogP contribution in [0.25, 0.3) is 10.8 Å². The molecule has 6 heteroatoms. The molecule has 0 aromatic heterocycles. The van der Waals surface area contributed by atoms with Crippen LogP contribution in [0.4, 0.5) is 4.79 Å². The Morgan fingerprint density at radius 1 is 1.07 bits per heavy atom. The first-order valence-corrected chi connectivity index (χ1v) is 9.86.